The van der Waals surface area contributed by atoms with Crippen LogP contribution in [0.4, 0.5) is 0 Å². The molecule has 0 saturated carbocycles. The fourth-order valence-corrected chi connectivity index (χ4v) is 2.41. The van der Waals surface area contributed by atoms with E-state index in [0.29, 0.717) is 15.8 Å². The number of hydrogen-bond acceptors (Lipinski definition) is 3. The monoisotopic (exact) mass is 269 g/mol. The summed E-state index contributed by atoms with van der Waals surface area (Å²) in [6.07, 6.45) is 3.58. The van der Waals surface area contributed by atoms with Gasteiger partial charge in [0.25, 0.3) is 5.91 Å². The minimum Gasteiger partial charge on any atom is -0.347 e. The Morgan fingerprint density at radius 3 is 3.06 bits per heavy atom. The van der Waals surface area contributed by atoms with Crippen LogP contribution in [0.5, 0.6) is 0 Å². The van der Waals surface area contributed by atoms with E-state index in [2.05, 4.69) is 10.4 Å². The van der Waals surface area contributed by atoms with Crippen LogP contribution in [0.1, 0.15) is 16.6 Å². The molecule has 0 saturated heterocycles. The van der Waals surface area contributed by atoms with E-state index in [0.717, 1.165) is 0 Å². The van der Waals surface area contributed by atoms with Gasteiger partial charge in [-0.1, -0.05) is 11.6 Å². The molecule has 2 aromatic rings. The highest BCUT2D eigenvalue weighted by atomic mass is 35.5. The van der Waals surface area contributed by atoms with Gasteiger partial charge in [-0.05, 0) is 25.1 Å². The number of carbonyl (C=O) groups excluding carboxylic acids is 1. The SMILES string of the molecule is CC(Cn1cccn1)NC(=O)c1ccc(Cl)s1. The molecular weight excluding hydrogens is 258 g/mol. The van der Waals surface area contributed by atoms with Gasteiger partial charge in [-0.2, -0.15) is 5.10 Å². The molecule has 6 heteroatoms. The number of hydrogen-bond donors (Lipinski definition) is 1. The minimum atomic E-state index is -0.0958. The molecule has 2 aromatic heterocycles. The minimum absolute atomic E-state index is 0.0169. The lowest BCUT2D eigenvalue weighted by Crippen LogP contribution is -2.35. The Kier molecular flexibility index (Phi) is 3.81. The van der Waals surface area contributed by atoms with Crippen molar-refractivity contribution in [3.05, 3.63) is 39.8 Å². The zero-order valence-electron chi connectivity index (χ0n) is 9.26. The molecule has 90 valence electrons. The third kappa shape index (κ3) is 3.31. The Bertz CT molecular complexity index is 495. The summed E-state index contributed by atoms with van der Waals surface area (Å²) in [5, 5.41) is 6.99. The van der Waals surface area contributed by atoms with Gasteiger partial charge in [0, 0.05) is 18.4 Å². The summed E-state index contributed by atoms with van der Waals surface area (Å²) in [4.78, 5) is 12.4. The maximum atomic E-state index is 11.8. The largest absolute Gasteiger partial charge is 0.347 e. The molecule has 0 radical (unpaired) electrons. The van der Waals surface area contributed by atoms with Gasteiger partial charge in [0.15, 0.2) is 0 Å². The van der Waals surface area contributed by atoms with Crippen molar-refractivity contribution in [3.63, 3.8) is 0 Å². The van der Waals surface area contributed by atoms with Gasteiger partial charge in [0.2, 0.25) is 0 Å². The molecule has 1 N–H and O–H groups in total. The van der Waals surface area contributed by atoms with Crippen molar-refractivity contribution in [2.75, 3.05) is 0 Å². The average molecular weight is 270 g/mol. The maximum Gasteiger partial charge on any atom is 0.261 e. The number of aromatic nitrogens is 2. The number of rotatable bonds is 4. The number of thiophene rings is 1. The van der Waals surface area contributed by atoms with Gasteiger partial charge >= 0.3 is 0 Å². The summed E-state index contributed by atoms with van der Waals surface area (Å²) in [5.41, 5.74) is 0. The Balaban J connectivity index is 1.90. The number of halogens is 1. The second-order valence-corrected chi connectivity index (χ2v) is 5.42. The molecule has 0 aliphatic heterocycles. The number of nitrogens with one attached hydrogen (secondary N) is 1. The highest BCUT2D eigenvalue weighted by Crippen LogP contribution is 2.21. The summed E-state index contributed by atoms with van der Waals surface area (Å²) in [7, 11) is 0. The third-order valence-electron chi connectivity index (χ3n) is 2.19. The zero-order chi connectivity index (χ0) is 12.3. The first-order valence-corrected chi connectivity index (χ1v) is 6.38. The summed E-state index contributed by atoms with van der Waals surface area (Å²) in [6, 6.07) is 5.32. The smallest absolute Gasteiger partial charge is 0.261 e. The Morgan fingerprint density at radius 1 is 1.65 bits per heavy atom. The van der Waals surface area contributed by atoms with Crippen molar-refractivity contribution >= 4 is 28.8 Å². The van der Waals surface area contributed by atoms with Crippen LogP contribution in [0.3, 0.4) is 0 Å². The van der Waals surface area contributed by atoms with Gasteiger partial charge in [-0.3, -0.25) is 9.48 Å². The van der Waals surface area contributed by atoms with Crippen molar-refractivity contribution in [3.8, 4) is 0 Å². The molecule has 0 aromatic carbocycles. The van der Waals surface area contributed by atoms with E-state index in [-0.39, 0.29) is 11.9 Å². The molecule has 0 bridgehead atoms. The van der Waals surface area contributed by atoms with Crippen LogP contribution in [-0.4, -0.2) is 21.7 Å². The lowest BCUT2D eigenvalue weighted by Gasteiger charge is -2.13. The number of carbonyl (C=O) groups is 1. The van der Waals surface area contributed by atoms with Crippen LogP contribution in [0.25, 0.3) is 0 Å². The highest BCUT2D eigenvalue weighted by Gasteiger charge is 2.12. The standard InChI is InChI=1S/C11H12ClN3OS/c1-8(7-15-6-2-5-13-15)14-11(16)9-3-4-10(12)17-9/h2-6,8H,7H2,1H3,(H,14,16). The second kappa shape index (κ2) is 5.33. The molecule has 2 rings (SSSR count). The van der Waals surface area contributed by atoms with Gasteiger partial charge in [-0.15, -0.1) is 11.3 Å². The first-order valence-electron chi connectivity index (χ1n) is 5.19. The molecule has 4 nitrogen and oxygen atoms in total. The predicted octanol–water partition coefficient (Wildman–Crippen LogP) is 2.42. The molecule has 2 heterocycles. The van der Waals surface area contributed by atoms with Crippen LogP contribution in [0.15, 0.2) is 30.6 Å². The predicted molar refractivity (Wildman–Crippen MR) is 68.5 cm³/mol. The Labute approximate surface area is 108 Å². The van der Waals surface area contributed by atoms with Crippen molar-refractivity contribution in [2.45, 2.75) is 19.5 Å². The molecule has 17 heavy (non-hydrogen) atoms. The maximum absolute atomic E-state index is 11.8. The number of amides is 1. The summed E-state index contributed by atoms with van der Waals surface area (Å²) < 4.78 is 2.40. The van der Waals surface area contributed by atoms with E-state index in [1.54, 1.807) is 23.0 Å². The van der Waals surface area contributed by atoms with Crippen molar-refractivity contribution in [2.24, 2.45) is 0 Å². The van der Waals surface area contributed by atoms with Crippen LogP contribution in [0, 0.1) is 0 Å². The van der Waals surface area contributed by atoms with E-state index in [1.807, 2.05) is 19.2 Å². The average Bonchev–Trinajstić information content (AvgIpc) is 2.89. The highest BCUT2D eigenvalue weighted by molar-refractivity contribution is 7.17. The van der Waals surface area contributed by atoms with E-state index >= 15 is 0 Å². The van der Waals surface area contributed by atoms with Crippen molar-refractivity contribution in [1.82, 2.24) is 15.1 Å². The summed E-state index contributed by atoms with van der Waals surface area (Å²) in [5.74, 6) is -0.0958. The topological polar surface area (TPSA) is 46.9 Å². The van der Waals surface area contributed by atoms with Crippen LogP contribution in [0.2, 0.25) is 4.34 Å². The van der Waals surface area contributed by atoms with Gasteiger partial charge in [0.05, 0.1) is 15.8 Å². The third-order valence-corrected chi connectivity index (χ3v) is 3.42. The quantitative estimate of drug-likeness (QED) is 0.927. The fraction of sp³-hybridized carbons (Fsp3) is 0.273. The first kappa shape index (κ1) is 12.1. The molecule has 1 unspecified atom stereocenters. The lowest BCUT2D eigenvalue weighted by atomic mass is 10.3. The van der Waals surface area contributed by atoms with E-state index < -0.39 is 0 Å². The van der Waals surface area contributed by atoms with Crippen LogP contribution >= 0.6 is 22.9 Å². The zero-order valence-corrected chi connectivity index (χ0v) is 10.8. The second-order valence-electron chi connectivity index (χ2n) is 3.71. The Morgan fingerprint density at radius 2 is 2.47 bits per heavy atom. The van der Waals surface area contributed by atoms with Gasteiger partial charge in [0.1, 0.15) is 0 Å². The normalized spacial score (nSPS) is 12.4. The summed E-state index contributed by atoms with van der Waals surface area (Å²) >= 11 is 7.06. The van der Waals surface area contributed by atoms with Crippen molar-refractivity contribution < 1.29 is 4.79 Å². The van der Waals surface area contributed by atoms with Crippen LogP contribution in [-0.2, 0) is 6.54 Å². The molecule has 1 amide bonds. The van der Waals surface area contributed by atoms with Gasteiger partial charge in [-0.25, -0.2) is 0 Å². The Hall–Kier alpha value is -1.33. The molecule has 0 aliphatic carbocycles. The molecule has 0 spiro atoms. The van der Waals surface area contributed by atoms with Crippen LogP contribution < -0.4 is 5.32 Å². The molecule has 0 aliphatic rings. The van der Waals surface area contributed by atoms with Crippen molar-refractivity contribution in [1.29, 1.82) is 0 Å². The summed E-state index contributed by atoms with van der Waals surface area (Å²) in [6.45, 7) is 2.59. The lowest BCUT2D eigenvalue weighted by molar-refractivity contribution is 0.0940. The molecule has 1 atom stereocenters. The molecule has 0 fully saturated rings. The van der Waals surface area contributed by atoms with E-state index in [4.69, 9.17) is 11.6 Å². The van der Waals surface area contributed by atoms with E-state index in [9.17, 15) is 4.79 Å². The van der Waals surface area contributed by atoms with E-state index in [1.165, 1.54) is 11.3 Å². The van der Waals surface area contributed by atoms with Gasteiger partial charge < -0.3 is 5.32 Å². The number of nitrogens with zero attached hydrogens (tertiary/aromatic N) is 2. The first-order chi connectivity index (χ1) is 8.15. The fourth-order valence-electron chi connectivity index (χ4n) is 1.47. The molecular formula is C11H12ClN3OS.